The van der Waals surface area contributed by atoms with E-state index in [4.69, 9.17) is 23.2 Å². The fraction of sp³-hybridized carbons (Fsp3) is 0.375. The first-order valence-electron chi connectivity index (χ1n) is 6.79. The number of nitrogens with zero attached hydrogens (tertiary/aromatic N) is 2. The molecule has 108 valence electrons. The Balaban J connectivity index is 2.02. The van der Waals surface area contributed by atoms with Gasteiger partial charge in [-0.3, -0.25) is 0 Å². The molecule has 0 N–H and O–H groups in total. The van der Waals surface area contributed by atoms with Gasteiger partial charge in [0, 0.05) is 18.4 Å². The fourth-order valence-corrected chi connectivity index (χ4v) is 2.56. The van der Waals surface area contributed by atoms with Gasteiger partial charge in [-0.2, -0.15) is 0 Å². The lowest BCUT2D eigenvalue weighted by Crippen LogP contribution is -2.14. The van der Waals surface area contributed by atoms with Gasteiger partial charge in [0.1, 0.15) is 0 Å². The predicted octanol–water partition coefficient (Wildman–Crippen LogP) is 4.34. The summed E-state index contributed by atoms with van der Waals surface area (Å²) < 4.78 is 2.27. The summed E-state index contributed by atoms with van der Waals surface area (Å²) in [6.45, 7) is 1.94. The van der Waals surface area contributed by atoms with Crippen molar-refractivity contribution < 1.29 is 0 Å². The summed E-state index contributed by atoms with van der Waals surface area (Å²) >= 11 is 12.0. The Kier molecular flexibility index (Phi) is 5.53. The summed E-state index contributed by atoms with van der Waals surface area (Å²) in [7, 11) is 4.21. The van der Waals surface area contributed by atoms with Crippen LogP contribution in [-0.2, 0) is 13.0 Å². The second-order valence-electron chi connectivity index (χ2n) is 5.28. The number of aromatic nitrogens is 1. The Morgan fingerprint density at radius 3 is 2.60 bits per heavy atom. The molecule has 0 aliphatic heterocycles. The monoisotopic (exact) mass is 310 g/mol. The van der Waals surface area contributed by atoms with Gasteiger partial charge in [-0.1, -0.05) is 29.3 Å². The Bertz CT molecular complexity index is 561. The van der Waals surface area contributed by atoms with Crippen LogP contribution in [0.25, 0.3) is 0 Å². The smallest absolute Gasteiger partial charge is 0.0595 e. The number of rotatable bonds is 6. The summed E-state index contributed by atoms with van der Waals surface area (Å²) in [5, 5.41) is 1.22. The van der Waals surface area contributed by atoms with E-state index in [-0.39, 0.29) is 0 Å². The molecule has 0 radical (unpaired) electrons. The predicted molar refractivity (Wildman–Crippen MR) is 86.9 cm³/mol. The van der Waals surface area contributed by atoms with Crippen molar-refractivity contribution in [1.29, 1.82) is 0 Å². The average Bonchev–Trinajstić information content (AvgIpc) is 2.81. The minimum absolute atomic E-state index is 0.606. The summed E-state index contributed by atoms with van der Waals surface area (Å²) in [6, 6.07) is 10.1. The van der Waals surface area contributed by atoms with Crippen LogP contribution in [0, 0.1) is 0 Å². The largest absolute Gasteiger partial charge is 0.347 e. The van der Waals surface area contributed by atoms with E-state index in [2.05, 4.69) is 41.9 Å². The first-order valence-corrected chi connectivity index (χ1v) is 7.54. The third-order valence-electron chi connectivity index (χ3n) is 3.30. The van der Waals surface area contributed by atoms with Crippen molar-refractivity contribution in [2.75, 3.05) is 20.6 Å². The van der Waals surface area contributed by atoms with Crippen LogP contribution in [0.5, 0.6) is 0 Å². The van der Waals surface area contributed by atoms with Crippen LogP contribution < -0.4 is 0 Å². The first kappa shape index (κ1) is 15.4. The molecular weight excluding hydrogens is 291 g/mol. The van der Waals surface area contributed by atoms with E-state index in [1.165, 1.54) is 17.7 Å². The Labute approximate surface area is 130 Å². The number of hydrogen-bond acceptors (Lipinski definition) is 1. The maximum Gasteiger partial charge on any atom is 0.0595 e. The quantitative estimate of drug-likeness (QED) is 0.770. The third-order valence-corrected chi connectivity index (χ3v) is 4.04. The third kappa shape index (κ3) is 4.27. The molecule has 0 amide bonds. The summed E-state index contributed by atoms with van der Waals surface area (Å²) in [5.41, 5.74) is 2.53. The molecule has 4 heteroatoms. The SMILES string of the molecule is CN(C)CCCc1cccn1Cc1ccc(Cl)c(Cl)c1. The van der Waals surface area contributed by atoms with Crippen molar-refractivity contribution in [2.45, 2.75) is 19.4 Å². The Morgan fingerprint density at radius 1 is 1.10 bits per heavy atom. The molecule has 0 spiro atoms. The normalized spacial score (nSPS) is 11.2. The van der Waals surface area contributed by atoms with Crippen LogP contribution in [0.1, 0.15) is 17.7 Å². The van der Waals surface area contributed by atoms with Gasteiger partial charge < -0.3 is 9.47 Å². The van der Waals surface area contributed by atoms with Crippen LogP contribution >= 0.6 is 23.2 Å². The minimum Gasteiger partial charge on any atom is -0.347 e. The molecule has 0 saturated heterocycles. The van der Waals surface area contributed by atoms with Crippen molar-refractivity contribution in [3.63, 3.8) is 0 Å². The lowest BCUT2D eigenvalue weighted by Gasteiger charge is -2.12. The van der Waals surface area contributed by atoms with Crippen molar-refractivity contribution in [2.24, 2.45) is 0 Å². The maximum atomic E-state index is 6.07. The molecule has 2 nitrogen and oxygen atoms in total. The van der Waals surface area contributed by atoms with Crippen LogP contribution in [0.3, 0.4) is 0 Å². The Hall–Kier alpha value is -0.960. The molecule has 0 fully saturated rings. The minimum atomic E-state index is 0.606. The number of aryl methyl sites for hydroxylation is 1. The number of hydrogen-bond donors (Lipinski definition) is 0. The van der Waals surface area contributed by atoms with Gasteiger partial charge in [0.05, 0.1) is 10.0 Å². The van der Waals surface area contributed by atoms with Gasteiger partial charge in [0.25, 0.3) is 0 Å². The summed E-state index contributed by atoms with van der Waals surface area (Å²) in [5.74, 6) is 0. The second-order valence-corrected chi connectivity index (χ2v) is 6.10. The molecule has 1 aromatic heterocycles. The van der Waals surface area contributed by atoms with Crippen molar-refractivity contribution in [1.82, 2.24) is 9.47 Å². The van der Waals surface area contributed by atoms with Crippen LogP contribution in [0.15, 0.2) is 36.5 Å². The molecule has 20 heavy (non-hydrogen) atoms. The van der Waals surface area contributed by atoms with Crippen LogP contribution in [0.2, 0.25) is 10.0 Å². The maximum absolute atomic E-state index is 6.07. The van der Waals surface area contributed by atoms with E-state index in [1.54, 1.807) is 0 Å². The molecular formula is C16H20Cl2N2. The topological polar surface area (TPSA) is 8.17 Å². The van der Waals surface area contributed by atoms with E-state index in [0.29, 0.717) is 10.0 Å². The molecule has 0 saturated carbocycles. The van der Waals surface area contributed by atoms with Crippen molar-refractivity contribution in [3.8, 4) is 0 Å². The lowest BCUT2D eigenvalue weighted by atomic mass is 10.2. The number of halogens is 2. The van der Waals surface area contributed by atoms with Gasteiger partial charge in [-0.15, -0.1) is 0 Å². The van der Waals surface area contributed by atoms with Gasteiger partial charge in [-0.25, -0.2) is 0 Å². The van der Waals surface area contributed by atoms with Gasteiger partial charge >= 0.3 is 0 Å². The molecule has 1 heterocycles. The zero-order chi connectivity index (χ0) is 14.5. The van der Waals surface area contributed by atoms with Gasteiger partial charge in [0.15, 0.2) is 0 Å². The molecule has 2 rings (SSSR count). The van der Waals surface area contributed by atoms with E-state index >= 15 is 0 Å². The van der Waals surface area contributed by atoms with E-state index in [9.17, 15) is 0 Å². The highest BCUT2D eigenvalue weighted by molar-refractivity contribution is 6.42. The van der Waals surface area contributed by atoms with Crippen LogP contribution in [-0.4, -0.2) is 30.1 Å². The Morgan fingerprint density at radius 2 is 1.90 bits per heavy atom. The number of benzene rings is 1. The molecule has 0 bridgehead atoms. The molecule has 2 aromatic rings. The van der Waals surface area contributed by atoms with E-state index < -0.39 is 0 Å². The van der Waals surface area contributed by atoms with Crippen LogP contribution in [0.4, 0.5) is 0 Å². The zero-order valence-electron chi connectivity index (χ0n) is 11.9. The molecule has 0 atom stereocenters. The lowest BCUT2D eigenvalue weighted by molar-refractivity contribution is 0.398. The van der Waals surface area contributed by atoms with Gasteiger partial charge in [-0.05, 0) is 63.3 Å². The molecule has 1 aromatic carbocycles. The van der Waals surface area contributed by atoms with E-state index in [1.807, 2.05) is 18.2 Å². The van der Waals surface area contributed by atoms with Crippen molar-refractivity contribution in [3.05, 3.63) is 57.8 Å². The highest BCUT2D eigenvalue weighted by Gasteiger charge is 2.04. The first-order chi connectivity index (χ1) is 9.56. The fourth-order valence-electron chi connectivity index (χ4n) is 2.24. The van der Waals surface area contributed by atoms with Crippen molar-refractivity contribution >= 4 is 23.2 Å². The molecule has 0 aliphatic rings. The molecule has 0 unspecified atom stereocenters. The zero-order valence-corrected chi connectivity index (χ0v) is 13.5. The highest BCUT2D eigenvalue weighted by atomic mass is 35.5. The highest BCUT2D eigenvalue weighted by Crippen LogP contribution is 2.23. The molecule has 0 aliphatic carbocycles. The van der Waals surface area contributed by atoms with E-state index in [0.717, 1.165) is 19.5 Å². The second kappa shape index (κ2) is 7.16. The summed E-state index contributed by atoms with van der Waals surface area (Å²) in [4.78, 5) is 2.21. The standard InChI is InChI=1S/C16H20Cl2N2/c1-19(2)9-3-5-14-6-4-10-20(14)12-13-7-8-15(17)16(18)11-13/h4,6-8,10-11H,3,5,9,12H2,1-2H3. The summed E-state index contributed by atoms with van der Waals surface area (Å²) in [6.07, 6.45) is 4.37. The van der Waals surface area contributed by atoms with Gasteiger partial charge in [0.2, 0.25) is 0 Å². The average molecular weight is 311 g/mol.